The van der Waals surface area contributed by atoms with Crippen LogP contribution in [0.4, 0.5) is 10.8 Å². The highest BCUT2D eigenvalue weighted by Crippen LogP contribution is 2.33. The molecule has 28 heavy (non-hydrogen) atoms. The second kappa shape index (κ2) is 9.58. The van der Waals surface area contributed by atoms with Gasteiger partial charge in [-0.15, -0.1) is 11.3 Å². The highest BCUT2D eigenvalue weighted by molar-refractivity contribution is 7.14. The maximum absolute atomic E-state index is 12.9. The number of nitrogens with one attached hydrogen (secondary N) is 2. The summed E-state index contributed by atoms with van der Waals surface area (Å²) in [6, 6.07) is 5.49. The number of benzene rings is 1. The quantitative estimate of drug-likeness (QED) is 0.591. The molecule has 1 fully saturated rings. The monoisotopic (exact) mass is 440 g/mol. The summed E-state index contributed by atoms with van der Waals surface area (Å²) in [5, 5.41) is 9.07. The first-order valence-electron chi connectivity index (χ1n) is 9.23. The SMILES string of the molecule is CCCNC(=O)CCN(C(=O)c1csc(Nc2cccc(Cl)c2Cl)n1)C1CC1. The summed E-state index contributed by atoms with van der Waals surface area (Å²) in [4.78, 5) is 30.9. The molecule has 2 N–H and O–H groups in total. The van der Waals surface area contributed by atoms with Gasteiger partial charge >= 0.3 is 0 Å². The molecule has 6 nitrogen and oxygen atoms in total. The molecule has 1 aliphatic rings. The van der Waals surface area contributed by atoms with Crippen molar-refractivity contribution in [3.63, 3.8) is 0 Å². The Balaban J connectivity index is 1.64. The van der Waals surface area contributed by atoms with Crippen molar-refractivity contribution in [3.8, 4) is 0 Å². The fraction of sp³-hybridized carbons (Fsp3) is 0.421. The van der Waals surface area contributed by atoms with Crippen LogP contribution in [0.3, 0.4) is 0 Å². The van der Waals surface area contributed by atoms with Crippen molar-refractivity contribution in [2.75, 3.05) is 18.4 Å². The number of amides is 2. The zero-order chi connectivity index (χ0) is 20.1. The largest absolute Gasteiger partial charge is 0.356 e. The van der Waals surface area contributed by atoms with Crippen molar-refractivity contribution in [3.05, 3.63) is 39.3 Å². The lowest BCUT2D eigenvalue weighted by molar-refractivity contribution is -0.121. The number of halogens is 2. The minimum Gasteiger partial charge on any atom is -0.356 e. The minimum atomic E-state index is -0.146. The van der Waals surface area contributed by atoms with Gasteiger partial charge in [0.15, 0.2) is 5.13 Å². The third-order valence-corrected chi connectivity index (χ3v) is 5.89. The lowest BCUT2D eigenvalue weighted by atomic mass is 10.3. The van der Waals surface area contributed by atoms with Gasteiger partial charge in [-0.25, -0.2) is 4.98 Å². The Bertz CT molecular complexity index is 854. The molecule has 0 saturated heterocycles. The van der Waals surface area contributed by atoms with E-state index in [0.29, 0.717) is 46.1 Å². The van der Waals surface area contributed by atoms with Gasteiger partial charge < -0.3 is 15.5 Å². The van der Waals surface area contributed by atoms with E-state index in [2.05, 4.69) is 15.6 Å². The number of carbonyl (C=O) groups is 2. The van der Waals surface area contributed by atoms with Gasteiger partial charge in [-0.05, 0) is 31.4 Å². The first kappa shape index (κ1) is 20.9. The molecule has 1 saturated carbocycles. The maximum Gasteiger partial charge on any atom is 0.273 e. The molecule has 0 radical (unpaired) electrons. The van der Waals surface area contributed by atoms with Crippen molar-refractivity contribution in [2.24, 2.45) is 0 Å². The van der Waals surface area contributed by atoms with E-state index >= 15 is 0 Å². The molecule has 150 valence electrons. The van der Waals surface area contributed by atoms with Crippen LogP contribution >= 0.6 is 34.5 Å². The second-order valence-electron chi connectivity index (χ2n) is 6.59. The predicted octanol–water partition coefficient (Wildman–Crippen LogP) is 4.71. The fourth-order valence-corrected chi connectivity index (χ4v) is 3.75. The van der Waals surface area contributed by atoms with Crippen molar-refractivity contribution in [2.45, 2.75) is 38.6 Å². The Kier molecular flexibility index (Phi) is 7.15. The van der Waals surface area contributed by atoms with Crippen molar-refractivity contribution in [1.29, 1.82) is 0 Å². The van der Waals surface area contributed by atoms with E-state index in [1.165, 1.54) is 11.3 Å². The van der Waals surface area contributed by atoms with Gasteiger partial charge in [-0.3, -0.25) is 9.59 Å². The van der Waals surface area contributed by atoms with E-state index in [4.69, 9.17) is 23.2 Å². The first-order chi connectivity index (χ1) is 13.5. The number of aromatic nitrogens is 1. The summed E-state index contributed by atoms with van der Waals surface area (Å²) >= 11 is 13.5. The Labute approximate surface area is 178 Å². The van der Waals surface area contributed by atoms with Gasteiger partial charge in [0.25, 0.3) is 5.91 Å². The maximum atomic E-state index is 12.9. The molecule has 0 unspecified atom stereocenters. The average molecular weight is 441 g/mol. The second-order valence-corrected chi connectivity index (χ2v) is 8.24. The molecular formula is C19H22Cl2N4O2S. The molecular weight excluding hydrogens is 419 g/mol. The lowest BCUT2D eigenvalue weighted by Crippen LogP contribution is -2.37. The van der Waals surface area contributed by atoms with E-state index < -0.39 is 0 Å². The van der Waals surface area contributed by atoms with E-state index in [-0.39, 0.29) is 17.9 Å². The number of anilines is 2. The summed E-state index contributed by atoms with van der Waals surface area (Å²) < 4.78 is 0. The fourth-order valence-electron chi connectivity index (χ4n) is 2.70. The van der Waals surface area contributed by atoms with Crippen molar-refractivity contribution >= 4 is 57.2 Å². The summed E-state index contributed by atoms with van der Waals surface area (Å²) in [5.74, 6) is -0.177. The standard InChI is InChI=1S/C19H22Cl2N4O2S/c1-2-9-22-16(26)8-10-25(12-6-7-12)18(27)15-11-28-19(24-15)23-14-5-3-4-13(20)17(14)21/h3-5,11-12H,2,6-10H2,1H3,(H,22,26)(H,23,24). The van der Waals surface area contributed by atoms with Crippen LogP contribution in [-0.4, -0.2) is 40.8 Å². The molecule has 1 aromatic heterocycles. The molecule has 1 aromatic carbocycles. The van der Waals surface area contributed by atoms with Crippen molar-refractivity contribution in [1.82, 2.24) is 15.2 Å². The summed E-state index contributed by atoms with van der Waals surface area (Å²) in [6.45, 7) is 3.06. The number of nitrogens with zero attached hydrogens (tertiary/aromatic N) is 2. The molecule has 1 aliphatic carbocycles. The van der Waals surface area contributed by atoms with Gasteiger partial charge in [-0.1, -0.05) is 36.2 Å². The summed E-state index contributed by atoms with van der Waals surface area (Å²) in [5.41, 5.74) is 1.00. The number of rotatable bonds is 9. The normalized spacial score (nSPS) is 13.2. The molecule has 0 bridgehead atoms. The Morgan fingerprint density at radius 1 is 1.32 bits per heavy atom. The van der Waals surface area contributed by atoms with Crippen LogP contribution in [-0.2, 0) is 4.79 Å². The van der Waals surface area contributed by atoms with Gasteiger partial charge in [0, 0.05) is 30.9 Å². The van der Waals surface area contributed by atoms with Crippen molar-refractivity contribution < 1.29 is 9.59 Å². The van der Waals surface area contributed by atoms with Crippen LogP contribution in [0, 0.1) is 0 Å². The summed E-state index contributed by atoms with van der Waals surface area (Å²) in [7, 11) is 0. The number of hydrogen-bond donors (Lipinski definition) is 2. The number of thiazole rings is 1. The molecule has 9 heteroatoms. The third-order valence-electron chi connectivity index (χ3n) is 4.32. The van der Waals surface area contributed by atoms with Crippen LogP contribution in [0.15, 0.2) is 23.6 Å². The van der Waals surface area contributed by atoms with Gasteiger partial charge in [-0.2, -0.15) is 0 Å². The van der Waals surface area contributed by atoms with Crippen LogP contribution in [0.5, 0.6) is 0 Å². The zero-order valence-corrected chi connectivity index (χ0v) is 17.8. The predicted molar refractivity (Wildman–Crippen MR) is 114 cm³/mol. The average Bonchev–Trinajstić information content (AvgIpc) is 3.41. The molecule has 1 heterocycles. The molecule has 0 aliphatic heterocycles. The van der Waals surface area contributed by atoms with E-state index in [9.17, 15) is 9.59 Å². The Hall–Kier alpha value is -1.83. The highest BCUT2D eigenvalue weighted by atomic mass is 35.5. The number of hydrogen-bond acceptors (Lipinski definition) is 5. The van der Waals surface area contributed by atoms with Crippen LogP contribution in [0.1, 0.15) is 43.1 Å². The molecule has 3 rings (SSSR count). The van der Waals surface area contributed by atoms with E-state index in [1.807, 2.05) is 6.92 Å². The zero-order valence-electron chi connectivity index (χ0n) is 15.5. The topological polar surface area (TPSA) is 74.3 Å². The molecule has 0 spiro atoms. The highest BCUT2D eigenvalue weighted by Gasteiger charge is 2.34. The Morgan fingerprint density at radius 3 is 2.82 bits per heavy atom. The van der Waals surface area contributed by atoms with Crippen LogP contribution in [0.25, 0.3) is 0 Å². The van der Waals surface area contributed by atoms with E-state index in [1.54, 1.807) is 28.5 Å². The number of carbonyl (C=O) groups excluding carboxylic acids is 2. The summed E-state index contributed by atoms with van der Waals surface area (Å²) in [6.07, 6.45) is 3.13. The molecule has 0 atom stereocenters. The van der Waals surface area contributed by atoms with E-state index in [0.717, 1.165) is 19.3 Å². The minimum absolute atomic E-state index is 0.0310. The molecule has 2 amide bonds. The smallest absolute Gasteiger partial charge is 0.273 e. The first-order valence-corrected chi connectivity index (χ1v) is 10.9. The van der Waals surface area contributed by atoms with Gasteiger partial charge in [0.05, 0.1) is 15.7 Å². The van der Waals surface area contributed by atoms with Crippen LogP contribution in [0.2, 0.25) is 10.0 Å². The van der Waals surface area contributed by atoms with Crippen LogP contribution < -0.4 is 10.6 Å². The van der Waals surface area contributed by atoms with Gasteiger partial charge in [0.1, 0.15) is 5.69 Å². The molecule has 2 aromatic rings. The lowest BCUT2D eigenvalue weighted by Gasteiger charge is -2.21. The Morgan fingerprint density at radius 2 is 2.11 bits per heavy atom. The van der Waals surface area contributed by atoms with Gasteiger partial charge in [0.2, 0.25) is 5.91 Å². The third kappa shape index (κ3) is 5.37.